The lowest BCUT2D eigenvalue weighted by Crippen LogP contribution is -2.24. The average molecular weight is 457 g/mol. The number of hydrogen-bond donors (Lipinski definition) is 1. The van der Waals surface area contributed by atoms with E-state index in [2.05, 4.69) is 10.3 Å². The van der Waals surface area contributed by atoms with Gasteiger partial charge in [-0.15, -0.1) is 0 Å². The van der Waals surface area contributed by atoms with Gasteiger partial charge in [-0.05, 0) is 42.8 Å². The Morgan fingerprint density at radius 3 is 2.56 bits per heavy atom. The van der Waals surface area contributed by atoms with Gasteiger partial charge < -0.3 is 14.8 Å². The number of amides is 1. The maximum atomic E-state index is 12.6. The van der Waals surface area contributed by atoms with E-state index in [1.165, 1.54) is 10.9 Å². The van der Waals surface area contributed by atoms with Crippen LogP contribution in [0.15, 0.2) is 83.9 Å². The molecule has 4 aromatic rings. The summed E-state index contributed by atoms with van der Waals surface area (Å²) in [7, 11) is 0. The number of para-hydroxylation sites is 2. The summed E-state index contributed by atoms with van der Waals surface area (Å²) in [6.07, 6.45) is 1.36. The number of fused-ring (bicyclic) bond motifs is 1. The third-order valence-electron chi connectivity index (χ3n) is 5.07. The molecular weight excluding hydrogens is 434 g/mol. The standard InChI is InChI=1S/C26H23N3O5/c1-18-7-5-12-22-25(18)27-17-29(26(22)32)14-13-24(31)33-16-23(30)28-19-8-6-11-21(15-19)34-20-9-3-2-4-10-20/h2-12,15,17H,13-14,16H2,1H3,(H,28,30). The predicted octanol–water partition coefficient (Wildman–Crippen LogP) is 4.07. The number of nitrogens with zero attached hydrogens (tertiary/aromatic N) is 2. The third kappa shape index (κ3) is 5.66. The molecule has 0 fully saturated rings. The number of carbonyl (C=O) groups is 2. The maximum absolute atomic E-state index is 12.6. The van der Waals surface area contributed by atoms with Crippen molar-refractivity contribution in [2.75, 3.05) is 11.9 Å². The van der Waals surface area contributed by atoms with E-state index in [-0.39, 0.29) is 18.5 Å². The zero-order chi connectivity index (χ0) is 23.9. The maximum Gasteiger partial charge on any atom is 0.308 e. The normalized spacial score (nSPS) is 10.6. The zero-order valence-corrected chi connectivity index (χ0v) is 18.6. The minimum atomic E-state index is -0.590. The first-order valence-electron chi connectivity index (χ1n) is 10.7. The van der Waals surface area contributed by atoms with E-state index in [0.717, 1.165) is 5.56 Å². The number of ether oxygens (including phenoxy) is 2. The molecule has 0 unspecified atom stereocenters. The summed E-state index contributed by atoms with van der Waals surface area (Å²) in [4.78, 5) is 41.2. The molecule has 34 heavy (non-hydrogen) atoms. The summed E-state index contributed by atoms with van der Waals surface area (Å²) in [6, 6.07) is 21.6. The molecule has 3 aromatic carbocycles. The Labute approximate surface area is 195 Å². The van der Waals surface area contributed by atoms with E-state index in [9.17, 15) is 14.4 Å². The van der Waals surface area contributed by atoms with Crippen LogP contribution in [0.1, 0.15) is 12.0 Å². The highest BCUT2D eigenvalue weighted by molar-refractivity contribution is 5.93. The Bertz CT molecular complexity index is 1380. The number of nitrogens with one attached hydrogen (secondary N) is 1. The van der Waals surface area contributed by atoms with E-state index in [1.807, 2.05) is 43.3 Å². The van der Waals surface area contributed by atoms with Crippen LogP contribution in [0.5, 0.6) is 11.5 Å². The molecule has 8 nitrogen and oxygen atoms in total. The number of carbonyl (C=O) groups excluding carboxylic acids is 2. The van der Waals surface area contributed by atoms with Crippen LogP contribution in [0.2, 0.25) is 0 Å². The number of hydrogen-bond acceptors (Lipinski definition) is 6. The Kier molecular flexibility index (Phi) is 6.98. The summed E-state index contributed by atoms with van der Waals surface area (Å²) >= 11 is 0. The van der Waals surface area contributed by atoms with Gasteiger partial charge in [0.15, 0.2) is 6.61 Å². The molecule has 0 aliphatic rings. The molecule has 0 atom stereocenters. The van der Waals surface area contributed by atoms with Gasteiger partial charge in [-0.25, -0.2) is 4.98 Å². The molecule has 0 bridgehead atoms. The van der Waals surface area contributed by atoms with Crippen molar-refractivity contribution >= 4 is 28.5 Å². The van der Waals surface area contributed by atoms with Gasteiger partial charge in [0.2, 0.25) is 0 Å². The molecule has 1 N–H and O–H groups in total. The molecular formula is C26H23N3O5. The van der Waals surface area contributed by atoms with Gasteiger partial charge in [-0.1, -0.05) is 36.4 Å². The third-order valence-corrected chi connectivity index (χ3v) is 5.07. The van der Waals surface area contributed by atoms with Crippen LogP contribution >= 0.6 is 0 Å². The van der Waals surface area contributed by atoms with Gasteiger partial charge in [-0.2, -0.15) is 0 Å². The molecule has 4 rings (SSSR count). The zero-order valence-electron chi connectivity index (χ0n) is 18.6. The van der Waals surface area contributed by atoms with E-state index >= 15 is 0 Å². The Morgan fingerprint density at radius 2 is 1.74 bits per heavy atom. The van der Waals surface area contributed by atoms with Gasteiger partial charge in [0.1, 0.15) is 11.5 Å². The minimum absolute atomic E-state index is 0.0629. The second-order valence-electron chi connectivity index (χ2n) is 7.62. The van der Waals surface area contributed by atoms with Crippen LogP contribution in [0.25, 0.3) is 10.9 Å². The van der Waals surface area contributed by atoms with Gasteiger partial charge in [-0.3, -0.25) is 19.0 Å². The van der Waals surface area contributed by atoms with Crippen LogP contribution in [-0.4, -0.2) is 28.0 Å². The van der Waals surface area contributed by atoms with Crippen molar-refractivity contribution in [1.29, 1.82) is 0 Å². The number of benzene rings is 3. The Hall–Kier alpha value is -4.46. The highest BCUT2D eigenvalue weighted by atomic mass is 16.5. The van der Waals surface area contributed by atoms with Gasteiger partial charge in [0.25, 0.3) is 11.5 Å². The highest BCUT2D eigenvalue weighted by Crippen LogP contribution is 2.23. The quantitative estimate of drug-likeness (QED) is 0.401. The molecule has 0 radical (unpaired) electrons. The topological polar surface area (TPSA) is 99.5 Å². The summed E-state index contributed by atoms with van der Waals surface area (Å²) in [5.41, 5.74) is 1.83. The van der Waals surface area contributed by atoms with Gasteiger partial charge in [0, 0.05) is 18.3 Å². The van der Waals surface area contributed by atoms with Crippen molar-refractivity contribution in [3.05, 3.63) is 95.0 Å². The van der Waals surface area contributed by atoms with Crippen molar-refractivity contribution in [1.82, 2.24) is 9.55 Å². The summed E-state index contributed by atoms with van der Waals surface area (Å²) in [5, 5.41) is 3.16. The number of anilines is 1. The second-order valence-corrected chi connectivity index (χ2v) is 7.62. The van der Waals surface area contributed by atoms with Crippen molar-refractivity contribution < 1.29 is 19.1 Å². The van der Waals surface area contributed by atoms with E-state index in [4.69, 9.17) is 9.47 Å². The fourth-order valence-electron chi connectivity index (χ4n) is 3.39. The number of rotatable bonds is 8. The lowest BCUT2D eigenvalue weighted by molar-refractivity contribution is -0.147. The first-order valence-corrected chi connectivity index (χ1v) is 10.7. The van der Waals surface area contributed by atoms with Crippen molar-refractivity contribution in [2.24, 2.45) is 0 Å². The van der Waals surface area contributed by atoms with Crippen LogP contribution in [0, 0.1) is 6.92 Å². The Balaban J connectivity index is 1.27. The number of esters is 1. The SMILES string of the molecule is Cc1cccc2c(=O)n(CCC(=O)OCC(=O)Nc3cccc(Oc4ccccc4)c3)cnc12. The summed E-state index contributed by atoms with van der Waals surface area (Å²) in [6.45, 7) is 1.55. The summed E-state index contributed by atoms with van der Waals surface area (Å²) in [5.74, 6) is 0.166. The molecule has 1 amide bonds. The molecule has 0 spiro atoms. The minimum Gasteiger partial charge on any atom is -0.457 e. The Morgan fingerprint density at radius 1 is 0.971 bits per heavy atom. The molecule has 172 valence electrons. The summed E-state index contributed by atoms with van der Waals surface area (Å²) < 4.78 is 12.2. The predicted molar refractivity (Wildman–Crippen MR) is 128 cm³/mol. The first-order chi connectivity index (χ1) is 16.5. The fourth-order valence-corrected chi connectivity index (χ4v) is 3.39. The molecule has 0 aliphatic heterocycles. The van der Waals surface area contributed by atoms with E-state index in [0.29, 0.717) is 28.1 Å². The molecule has 0 aliphatic carbocycles. The smallest absolute Gasteiger partial charge is 0.308 e. The molecule has 1 heterocycles. The average Bonchev–Trinajstić information content (AvgIpc) is 2.84. The molecule has 0 saturated heterocycles. The van der Waals surface area contributed by atoms with Crippen molar-refractivity contribution in [3.8, 4) is 11.5 Å². The monoisotopic (exact) mass is 457 g/mol. The van der Waals surface area contributed by atoms with Gasteiger partial charge >= 0.3 is 5.97 Å². The van der Waals surface area contributed by atoms with E-state index < -0.39 is 18.5 Å². The highest BCUT2D eigenvalue weighted by Gasteiger charge is 2.11. The largest absolute Gasteiger partial charge is 0.457 e. The van der Waals surface area contributed by atoms with Crippen molar-refractivity contribution in [2.45, 2.75) is 19.9 Å². The molecule has 0 saturated carbocycles. The fraction of sp³-hybridized carbons (Fsp3) is 0.154. The molecule has 8 heteroatoms. The van der Waals surface area contributed by atoms with Gasteiger partial charge in [0.05, 0.1) is 23.7 Å². The van der Waals surface area contributed by atoms with Crippen LogP contribution in [0.4, 0.5) is 5.69 Å². The number of aromatic nitrogens is 2. The van der Waals surface area contributed by atoms with Crippen LogP contribution < -0.4 is 15.6 Å². The van der Waals surface area contributed by atoms with E-state index in [1.54, 1.807) is 36.4 Å². The lowest BCUT2D eigenvalue weighted by atomic mass is 10.1. The van der Waals surface area contributed by atoms with Crippen LogP contribution in [0.3, 0.4) is 0 Å². The number of aryl methyl sites for hydroxylation is 2. The lowest BCUT2D eigenvalue weighted by Gasteiger charge is -2.10. The van der Waals surface area contributed by atoms with Crippen LogP contribution in [-0.2, 0) is 20.9 Å². The second kappa shape index (κ2) is 10.4. The first kappa shape index (κ1) is 22.7. The van der Waals surface area contributed by atoms with Crippen molar-refractivity contribution in [3.63, 3.8) is 0 Å². The molecule has 1 aromatic heterocycles.